The van der Waals surface area contributed by atoms with Gasteiger partial charge in [0.1, 0.15) is 5.82 Å². The number of amides is 2. The Balaban J connectivity index is 2.28. The maximum absolute atomic E-state index is 13.7. The molecule has 0 heterocycles. The van der Waals surface area contributed by atoms with Crippen molar-refractivity contribution in [3.8, 4) is 0 Å². The molecule has 1 fully saturated rings. The molecule has 0 aliphatic heterocycles. The highest BCUT2D eigenvalue weighted by molar-refractivity contribution is 5.75. The van der Waals surface area contributed by atoms with Crippen molar-refractivity contribution in [3.63, 3.8) is 0 Å². The molecule has 0 aromatic heterocycles. The molecule has 4 heteroatoms. The Labute approximate surface area is 94.0 Å². The summed E-state index contributed by atoms with van der Waals surface area (Å²) < 4.78 is 13.7. The molecule has 1 aliphatic rings. The van der Waals surface area contributed by atoms with E-state index >= 15 is 0 Å². The first-order chi connectivity index (χ1) is 7.68. The highest BCUT2D eigenvalue weighted by atomic mass is 19.1. The van der Waals surface area contributed by atoms with E-state index in [-0.39, 0.29) is 11.8 Å². The minimum absolute atomic E-state index is 0.251. The molecule has 0 unspecified atom stereocenters. The van der Waals surface area contributed by atoms with Crippen LogP contribution in [0.1, 0.15) is 24.8 Å². The molecule has 1 aromatic rings. The predicted octanol–water partition coefficient (Wildman–Crippen LogP) is 2.13. The summed E-state index contributed by atoms with van der Waals surface area (Å²) >= 11 is 0. The second-order valence-electron chi connectivity index (χ2n) is 4.12. The van der Waals surface area contributed by atoms with Crippen molar-refractivity contribution in [1.82, 2.24) is 10.6 Å². The monoisotopic (exact) mass is 222 g/mol. The molecular formula is C12H15FN2O. The molecule has 86 valence electrons. The van der Waals surface area contributed by atoms with Crippen molar-refractivity contribution in [1.29, 1.82) is 0 Å². The lowest BCUT2D eigenvalue weighted by molar-refractivity contribution is 0.174. The van der Waals surface area contributed by atoms with E-state index < -0.39 is 5.54 Å². The molecule has 16 heavy (non-hydrogen) atoms. The fourth-order valence-corrected chi connectivity index (χ4v) is 2.12. The Morgan fingerprint density at radius 1 is 1.38 bits per heavy atom. The minimum atomic E-state index is -0.508. The number of nitrogens with one attached hydrogen (secondary N) is 2. The Hall–Kier alpha value is -1.58. The summed E-state index contributed by atoms with van der Waals surface area (Å²) in [6.07, 6.45) is 2.60. The number of carbonyl (C=O) groups is 1. The van der Waals surface area contributed by atoms with E-state index in [1.807, 2.05) is 0 Å². The van der Waals surface area contributed by atoms with Crippen LogP contribution >= 0.6 is 0 Å². The van der Waals surface area contributed by atoms with Gasteiger partial charge < -0.3 is 10.6 Å². The first-order valence-corrected chi connectivity index (χ1v) is 5.43. The van der Waals surface area contributed by atoms with Crippen LogP contribution in [-0.4, -0.2) is 13.1 Å². The Kier molecular flexibility index (Phi) is 2.81. The third kappa shape index (κ3) is 1.75. The van der Waals surface area contributed by atoms with Gasteiger partial charge in [0.2, 0.25) is 0 Å². The van der Waals surface area contributed by atoms with Crippen molar-refractivity contribution in [3.05, 3.63) is 35.6 Å². The molecular weight excluding hydrogens is 207 g/mol. The van der Waals surface area contributed by atoms with Gasteiger partial charge in [-0.2, -0.15) is 0 Å². The lowest BCUT2D eigenvalue weighted by atomic mass is 9.71. The van der Waals surface area contributed by atoms with Crippen LogP contribution in [-0.2, 0) is 5.54 Å². The number of carbonyl (C=O) groups excluding carboxylic acids is 1. The van der Waals surface area contributed by atoms with Crippen LogP contribution in [0.4, 0.5) is 9.18 Å². The number of hydrogen-bond donors (Lipinski definition) is 2. The molecule has 1 aromatic carbocycles. The van der Waals surface area contributed by atoms with Gasteiger partial charge in [-0.25, -0.2) is 9.18 Å². The van der Waals surface area contributed by atoms with Crippen LogP contribution in [0.3, 0.4) is 0 Å². The molecule has 2 N–H and O–H groups in total. The zero-order valence-corrected chi connectivity index (χ0v) is 9.22. The third-order valence-corrected chi connectivity index (χ3v) is 3.18. The van der Waals surface area contributed by atoms with E-state index in [1.54, 1.807) is 25.2 Å². The predicted molar refractivity (Wildman–Crippen MR) is 59.5 cm³/mol. The van der Waals surface area contributed by atoms with Gasteiger partial charge in [0.05, 0.1) is 5.54 Å². The molecule has 0 bridgehead atoms. The Morgan fingerprint density at radius 2 is 2.06 bits per heavy atom. The van der Waals surface area contributed by atoms with Crippen LogP contribution in [0.15, 0.2) is 24.3 Å². The fraction of sp³-hybridized carbons (Fsp3) is 0.417. The van der Waals surface area contributed by atoms with Crippen molar-refractivity contribution < 1.29 is 9.18 Å². The van der Waals surface area contributed by atoms with Crippen molar-refractivity contribution in [2.75, 3.05) is 7.05 Å². The van der Waals surface area contributed by atoms with Crippen molar-refractivity contribution in [2.24, 2.45) is 0 Å². The summed E-state index contributed by atoms with van der Waals surface area (Å²) in [7, 11) is 1.56. The summed E-state index contributed by atoms with van der Waals surface area (Å²) in [4.78, 5) is 11.4. The van der Waals surface area contributed by atoms with E-state index in [4.69, 9.17) is 0 Å². The van der Waals surface area contributed by atoms with Gasteiger partial charge in [-0.05, 0) is 25.3 Å². The van der Waals surface area contributed by atoms with Gasteiger partial charge in [0.25, 0.3) is 0 Å². The van der Waals surface area contributed by atoms with E-state index in [0.29, 0.717) is 5.56 Å². The maximum Gasteiger partial charge on any atom is 0.315 e. The largest absolute Gasteiger partial charge is 0.341 e. The summed E-state index contributed by atoms with van der Waals surface area (Å²) in [5.74, 6) is -0.251. The lowest BCUT2D eigenvalue weighted by Crippen LogP contribution is -2.53. The van der Waals surface area contributed by atoms with Gasteiger partial charge in [0, 0.05) is 12.6 Å². The third-order valence-electron chi connectivity index (χ3n) is 3.18. The lowest BCUT2D eigenvalue weighted by Gasteiger charge is -2.43. The van der Waals surface area contributed by atoms with Crippen LogP contribution < -0.4 is 10.6 Å². The number of rotatable bonds is 2. The smallest absolute Gasteiger partial charge is 0.315 e. The second kappa shape index (κ2) is 4.12. The molecule has 2 amide bonds. The van der Waals surface area contributed by atoms with Gasteiger partial charge in [-0.1, -0.05) is 18.2 Å². The molecule has 0 radical (unpaired) electrons. The number of benzene rings is 1. The van der Waals surface area contributed by atoms with E-state index in [9.17, 15) is 9.18 Å². The van der Waals surface area contributed by atoms with Gasteiger partial charge >= 0.3 is 6.03 Å². The summed E-state index contributed by atoms with van der Waals surface area (Å²) in [6, 6.07) is 6.36. The number of hydrogen-bond acceptors (Lipinski definition) is 1. The zero-order valence-electron chi connectivity index (χ0n) is 9.22. The van der Waals surface area contributed by atoms with Gasteiger partial charge in [-0.3, -0.25) is 0 Å². The van der Waals surface area contributed by atoms with E-state index in [1.165, 1.54) is 6.07 Å². The molecule has 2 rings (SSSR count). The normalized spacial score (nSPS) is 17.4. The highest BCUT2D eigenvalue weighted by Gasteiger charge is 2.41. The van der Waals surface area contributed by atoms with Crippen molar-refractivity contribution >= 4 is 6.03 Å². The first-order valence-electron chi connectivity index (χ1n) is 5.43. The topological polar surface area (TPSA) is 41.1 Å². The van der Waals surface area contributed by atoms with Crippen LogP contribution in [0.25, 0.3) is 0 Å². The van der Waals surface area contributed by atoms with E-state index in [0.717, 1.165) is 19.3 Å². The first kappa shape index (κ1) is 10.9. The molecule has 0 atom stereocenters. The summed E-state index contributed by atoms with van der Waals surface area (Å²) in [5, 5.41) is 5.35. The second-order valence-corrected chi connectivity index (χ2v) is 4.12. The summed E-state index contributed by atoms with van der Waals surface area (Å²) in [6.45, 7) is 0. The summed E-state index contributed by atoms with van der Waals surface area (Å²) in [5.41, 5.74) is 0.0793. The molecule has 0 spiro atoms. The molecule has 0 saturated heterocycles. The molecule has 1 saturated carbocycles. The van der Waals surface area contributed by atoms with Crippen LogP contribution in [0.2, 0.25) is 0 Å². The standard InChI is InChI=1S/C12H15FN2O/c1-14-11(16)15-12(7-4-8-12)9-5-2-3-6-10(9)13/h2-3,5-6H,4,7-8H2,1H3,(H2,14,15,16). The minimum Gasteiger partial charge on any atom is -0.341 e. The SMILES string of the molecule is CNC(=O)NC1(c2ccccc2F)CCC1. The van der Waals surface area contributed by atoms with Crippen LogP contribution in [0, 0.1) is 5.82 Å². The average Bonchev–Trinajstić information content (AvgIpc) is 2.24. The van der Waals surface area contributed by atoms with Gasteiger partial charge in [-0.15, -0.1) is 0 Å². The van der Waals surface area contributed by atoms with E-state index in [2.05, 4.69) is 10.6 Å². The average molecular weight is 222 g/mol. The number of urea groups is 1. The fourth-order valence-electron chi connectivity index (χ4n) is 2.12. The molecule has 1 aliphatic carbocycles. The number of halogens is 1. The maximum atomic E-state index is 13.7. The van der Waals surface area contributed by atoms with Crippen LogP contribution in [0.5, 0.6) is 0 Å². The zero-order chi connectivity index (χ0) is 11.6. The highest BCUT2D eigenvalue weighted by Crippen LogP contribution is 2.42. The Bertz CT molecular complexity index is 402. The van der Waals surface area contributed by atoms with Gasteiger partial charge in [0.15, 0.2) is 0 Å². The van der Waals surface area contributed by atoms with Crippen molar-refractivity contribution in [2.45, 2.75) is 24.8 Å². The Morgan fingerprint density at radius 3 is 2.56 bits per heavy atom. The quantitative estimate of drug-likeness (QED) is 0.790. The molecule has 3 nitrogen and oxygen atoms in total.